The first-order valence-corrected chi connectivity index (χ1v) is 7.41. The number of hydrogen-bond acceptors (Lipinski definition) is 4. The van der Waals surface area contributed by atoms with Crippen molar-refractivity contribution >= 4 is 10.0 Å². The van der Waals surface area contributed by atoms with Crippen LogP contribution in [0.1, 0.15) is 11.3 Å². The maximum atomic E-state index is 11.1. The van der Waals surface area contributed by atoms with Gasteiger partial charge in [-0.2, -0.15) is 5.10 Å². The van der Waals surface area contributed by atoms with Gasteiger partial charge in [0.1, 0.15) is 0 Å². The van der Waals surface area contributed by atoms with Crippen molar-refractivity contribution in [1.82, 2.24) is 15.5 Å². The van der Waals surface area contributed by atoms with Gasteiger partial charge in [-0.15, -0.1) is 0 Å². The first kappa shape index (κ1) is 13.7. The molecule has 7 heteroatoms. The molecule has 4 N–H and O–H groups in total. The van der Waals surface area contributed by atoms with Crippen LogP contribution in [0.15, 0.2) is 41.4 Å². The number of aromatic nitrogens is 2. The summed E-state index contributed by atoms with van der Waals surface area (Å²) in [6, 6.07) is 8.52. The predicted molar refractivity (Wildman–Crippen MR) is 71.8 cm³/mol. The number of H-pyrrole nitrogens is 1. The van der Waals surface area contributed by atoms with Crippen molar-refractivity contribution in [3.05, 3.63) is 47.8 Å². The molecule has 0 fully saturated rings. The Balaban J connectivity index is 1.80. The standard InChI is InChI=1S/C12H16N4O2S/c13-19(17,18)12-3-1-10(2-4-12)5-7-14-9-11-6-8-15-16-11/h1-4,6,8,14H,5,7,9H2,(H,15,16)(H2,13,17,18). The Hall–Kier alpha value is -1.70. The molecule has 0 bridgehead atoms. The summed E-state index contributed by atoms with van der Waals surface area (Å²) in [6.45, 7) is 1.53. The summed E-state index contributed by atoms with van der Waals surface area (Å²) in [5.74, 6) is 0. The van der Waals surface area contributed by atoms with Crippen molar-refractivity contribution in [1.29, 1.82) is 0 Å². The highest BCUT2D eigenvalue weighted by Crippen LogP contribution is 2.08. The number of rotatable bonds is 6. The van der Waals surface area contributed by atoms with Gasteiger partial charge in [-0.1, -0.05) is 12.1 Å². The van der Waals surface area contributed by atoms with Crippen molar-refractivity contribution in [2.24, 2.45) is 5.14 Å². The summed E-state index contributed by atoms with van der Waals surface area (Å²) >= 11 is 0. The van der Waals surface area contributed by atoms with Crippen LogP contribution in [0.5, 0.6) is 0 Å². The van der Waals surface area contributed by atoms with E-state index >= 15 is 0 Å². The summed E-state index contributed by atoms with van der Waals surface area (Å²) in [4.78, 5) is 0.140. The van der Waals surface area contributed by atoms with E-state index in [0.29, 0.717) is 0 Å². The van der Waals surface area contributed by atoms with Crippen LogP contribution in [0.25, 0.3) is 0 Å². The SMILES string of the molecule is NS(=O)(=O)c1ccc(CCNCc2ccn[nH]2)cc1. The van der Waals surface area contributed by atoms with E-state index in [4.69, 9.17) is 5.14 Å². The third-order valence-electron chi connectivity index (χ3n) is 2.72. The van der Waals surface area contributed by atoms with E-state index in [-0.39, 0.29) is 4.90 Å². The molecule has 1 aromatic carbocycles. The Labute approximate surface area is 112 Å². The zero-order chi connectivity index (χ0) is 13.7. The van der Waals surface area contributed by atoms with Gasteiger partial charge in [0.15, 0.2) is 0 Å². The normalized spacial score (nSPS) is 11.6. The number of nitrogens with zero attached hydrogens (tertiary/aromatic N) is 1. The Morgan fingerprint density at radius 3 is 2.53 bits per heavy atom. The molecule has 2 rings (SSSR count). The molecule has 19 heavy (non-hydrogen) atoms. The smallest absolute Gasteiger partial charge is 0.238 e. The van der Waals surface area contributed by atoms with E-state index in [1.54, 1.807) is 18.3 Å². The van der Waals surface area contributed by atoms with E-state index in [1.807, 2.05) is 6.07 Å². The Bertz CT molecular complexity index is 606. The van der Waals surface area contributed by atoms with Crippen molar-refractivity contribution in [2.75, 3.05) is 6.54 Å². The minimum atomic E-state index is -3.60. The van der Waals surface area contributed by atoms with Gasteiger partial charge in [0.05, 0.1) is 4.90 Å². The monoisotopic (exact) mass is 280 g/mol. The number of nitrogens with one attached hydrogen (secondary N) is 2. The minimum absolute atomic E-state index is 0.140. The predicted octanol–water partition coefficient (Wildman–Crippen LogP) is 0.389. The van der Waals surface area contributed by atoms with Crippen molar-refractivity contribution in [2.45, 2.75) is 17.9 Å². The average molecular weight is 280 g/mol. The van der Waals surface area contributed by atoms with Gasteiger partial charge >= 0.3 is 0 Å². The van der Waals surface area contributed by atoms with Crippen LogP contribution in [0.3, 0.4) is 0 Å². The molecule has 0 saturated heterocycles. The maximum absolute atomic E-state index is 11.1. The van der Waals surface area contributed by atoms with Crippen molar-refractivity contribution < 1.29 is 8.42 Å². The summed E-state index contributed by atoms with van der Waals surface area (Å²) in [5, 5.41) is 15.0. The summed E-state index contributed by atoms with van der Waals surface area (Å²) in [5.41, 5.74) is 2.09. The van der Waals surface area contributed by atoms with E-state index < -0.39 is 10.0 Å². The fourth-order valence-corrected chi connectivity index (χ4v) is 2.20. The molecule has 0 aliphatic carbocycles. The second-order valence-electron chi connectivity index (χ2n) is 4.20. The second kappa shape index (κ2) is 5.96. The fraction of sp³-hybridized carbons (Fsp3) is 0.250. The molecule has 0 saturated carbocycles. The van der Waals surface area contributed by atoms with Crippen LogP contribution < -0.4 is 10.5 Å². The molecule has 0 aliphatic heterocycles. The average Bonchev–Trinajstić information content (AvgIpc) is 2.87. The van der Waals surface area contributed by atoms with Gasteiger partial charge in [-0.25, -0.2) is 13.6 Å². The molecule has 102 valence electrons. The molecular formula is C12H16N4O2S. The van der Waals surface area contributed by atoms with Crippen molar-refractivity contribution in [3.8, 4) is 0 Å². The van der Waals surface area contributed by atoms with Gasteiger partial charge in [-0.3, -0.25) is 5.10 Å². The van der Waals surface area contributed by atoms with Crippen molar-refractivity contribution in [3.63, 3.8) is 0 Å². The van der Waals surface area contributed by atoms with Crippen LogP contribution >= 0.6 is 0 Å². The van der Waals surface area contributed by atoms with Gasteiger partial charge in [0.25, 0.3) is 0 Å². The lowest BCUT2D eigenvalue weighted by molar-refractivity contribution is 0.597. The highest BCUT2D eigenvalue weighted by atomic mass is 32.2. The maximum Gasteiger partial charge on any atom is 0.238 e. The third kappa shape index (κ3) is 4.16. The summed E-state index contributed by atoms with van der Waals surface area (Å²) in [7, 11) is -3.60. The van der Waals surface area contributed by atoms with Gasteiger partial charge in [0.2, 0.25) is 10.0 Å². The van der Waals surface area contributed by atoms with Crippen LogP contribution in [0, 0.1) is 0 Å². The molecule has 0 spiro atoms. The number of hydrogen-bond donors (Lipinski definition) is 3. The first-order chi connectivity index (χ1) is 9.05. The molecular weight excluding hydrogens is 264 g/mol. The molecule has 1 heterocycles. The van der Waals surface area contributed by atoms with Crippen LogP contribution in [0.2, 0.25) is 0 Å². The van der Waals surface area contributed by atoms with Gasteiger partial charge in [0, 0.05) is 18.4 Å². The Kier molecular flexibility index (Phi) is 4.31. The number of aromatic amines is 1. The Morgan fingerprint density at radius 2 is 1.95 bits per heavy atom. The highest BCUT2D eigenvalue weighted by Gasteiger charge is 2.06. The minimum Gasteiger partial charge on any atom is -0.311 e. The molecule has 0 radical (unpaired) electrons. The Morgan fingerprint density at radius 1 is 1.21 bits per heavy atom. The van der Waals surface area contributed by atoms with Crippen LogP contribution in [-0.2, 0) is 23.0 Å². The lowest BCUT2D eigenvalue weighted by Gasteiger charge is -2.04. The van der Waals surface area contributed by atoms with Gasteiger partial charge in [-0.05, 0) is 36.7 Å². The summed E-state index contributed by atoms with van der Waals surface area (Å²) < 4.78 is 22.2. The molecule has 2 aromatic rings. The number of nitrogens with two attached hydrogens (primary N) is 1. The van der Waals surface area contributed by atoms with Crippen LogP contribution in [-0.4, -0.2) is 25.2 Å². The molecule has 0 unspecified atom stereocenters. The molecule has 6 nitrogen and oxygen atoms in total. The number of benzene rings is 1. The van der Waals surface area contributed by atoms with E-state index in [0.717, 1.165) is 30.8 Å². The lowest BCUT2D eigenvalue weighted by Crippen LogP contribution is -2.17. The molecule has 0 aliphatic rings. The third-order valence-corrected chi connectivity index (χ3v) is 3.65. The molecule has 1 aromatic heterocycles. The zero-order valence-electron chi connectivity index (χ0n) is 10.3. The zero-order valence-corrected chi connectivity index (χ0v) is 11.2. The molecule has 0 amide bonds. The largest absolute Gasteiger partial charge is 0.311 e. The number of primary sulfonamides is 1. The van der Waals surface area contributed by atoms with Gasteiger partial charge < -0.3 is 5.32 Å². The van der Waals surface area contributed by atoms with E-state index in [9.17, 15) is 8.42 Å². The fourth-order valence-electron chi connectivity index (χ4n) is 1.68. The van der Waals surface area contributed by atoms with E-state index in [2.05, 4.69) is 15.5 Å². The highest BCUT2D eigenvalue weighted by molar-refractivity contribution is 7.89. The number of sulfonamides is 1. The quantitative estimate of drug-likeness (QED) is 0.666. The lowest BCUT2D eigenvalue weighted by atomic mass is 10.1. The second-order valence-corrected chi connectivity index (χ2v) is 5.76. The summed E-state index contributed by atoms with van der Waals surface area (Å²) in [6.07, 6.45) is 2.53. The van der Waals surface area contributed by atoms with Crippen LogP contribution in [0.4, 0.5) is 0 Å². The topological polar surface area (TPSA) is 101 Å². The van der Waals surface area contributed by atoms with E-state index in [1.165, 1.54) is 12.1 Å². The first-order valence-electron chi connectivity index (χ1n) is 5.86. The molecule has 0 atom stereocenters.